The molecular weight excluding hydrogens is 419 g/mol. The number of nitrogens with zero attached hydrogens (tertiary/aromatic N) is 2. The van der Waals surface area contributed by atoms with E-state index in [1.807, 2.05) is 30.3 Å². The molecule has 1 aromatic heterocycles. The van der Waals surface area contributed by atoms with E-state index < -0.39 is 6.10 Å². The summed E-state index contributed by atoms with van der Waals surface area (Å²) in [7, 11) is 0. The monoisotopic (exact) mass is 436 g/mol. The van der Waals surface area contributed by atoms with Crippen molar-refractivity contribution in [1.82, 2.24) is 9.88 Å². The maximum atomic E-state index is 11.1. The van der Waals surface area contributed by atoms with Gasteiger partial charge >= 0.3 is 0 Å². The van der Waals surface area contributed by atoms with E-state index in [2.05, 4.69) is 4.90 Å². The van der Waals surface area contributed by atoms with Crippen LogP contribution in [0.2, 0.25) is 15.1 Å². The number of ether oxygens (including phenoxy) is 1. The molecule has 0 bridgehead atoms. The predicted molar refractivity (Wildman–Crippen MR) is 114 cm³/mol. The summed E-state index contributed by atoms with van der Waals surface area (Å²) in [5.74, 6) is 0. The van der Waals surface area contributed by atoms with Crippen LogP contribution in [0.4, 0.5) is 0 Å². The number of benzene rings is 2. The van der Waals surface area contributed by atoms with Gasteiger partial charge in [0, 0.05) is 40.6 Å². The van der Waals surface area contributed by atoms with Crippen LogP contribution in [0.15, 0.2) is 42.5 Å². The van der Waals surface area contributed by atoms with E-state index in [-0.39, 0.29) is 0 Å². The second-order valence-corrected chi connectivity index (χ2v) is 8.10. The number of β-amino-alcohol motifs (C(OH)–C–C–N with tert-alkyl or cyclic N) is 1. The Balaban J connectivity index is 1.80. The zero-order valence-corrected chi connectivity index (χ0v) is 17.3. The first-order valence-electron chi connectivity index (χ1n) is 9.05. The number of hydrogen-bond donors (Lipinski definition) is 1. The Morgan fingerprint density at radius 1 is 1.00 bits per heavy atom. The van der Waals surface area contributed by atoms with Crippen molar-refractivity contribution in [3.05, 3.63) is 63.1 Å². The molecule has 1 fully saturated rings. The molecule has 1 unspecified atom stereocenters. The third-order valence-electron chi connectivity index (χ3n) is 4.90. The van der Waals surface area contributed by atoms with Crippen LogP contribution >= 0.6 is 34.8 Å². The van der Waals surface area contributed by atoms with Gasteiger partial charge in [0.15, 0.2) is 0 Å². The molecule has 2 aromatic carbocycles. The van der Waals surface area contributed by atoms with Gasteiger partial charge < -0.3 is 9.84 Å². The van der Waals surface area contributed by atoms with E-state index in [1.54, 1.807) is 12.1 Å². The lowest BCUT2D eigenvalue weighted by Crippen LogP contribution is -2.38. The minimum Gasteiger partial charge on any atom is -0.387 e. The smallest absolute Gasteiger partial charge is 0.0924 e. The van der Waals surface area contributed by atoms with Gasteiger partial charge in [-0.15, -0.1) is 0 Å². The number of morpholine rings is 1. The molecule has 0 spiro atoms. The fraction of sp³-hybridized carbons (Fsp3) is 0.286. The minimum absolute atomic E-state index is 0.457. The standard InChI is InChI=1S/C21H19Cl3N2O2/c22-14-3-1-13(2-4-14)19-11-16(20(27)12-26-5-7-28-8-6-26)17-9-15(23)10-18(24)21(17)25-19/h1-4,9-11,20,27H,5-8,12H2. The Labute approximate surface area is 178 Å². The summed E-state index contributed by atoms with van der Waals surface area (Å²) in [6, 6.07) is 12.8. The third kappa shape index (κ3) is 4.28. The van der Waals surface area contributed by atoms with Crippen LogP contribution < -0.4 is 0 Å². The van der Waals surface area contributed by atoms with Crippen LogP contribution in [0, 0.1) is 0 Å². The van der Waals surface area contributed by atoms with Crippen molar-refractivity contribution < 1.29 is 9.84 Å². The molecule has 4 rings (SSSR count). The van der Waals surface area contributed by atoms with E-state index in [0.29, 0.717) is 40.3 Å². The highest BCUT2D eigenvalue weighted by molar-refractivity contribution is 6.38. The first-order valence-corrected chi connectivity index (χ1v) is 10.2. The molecule has 4 nitrogen and oxygen atoms in total. The van der Waals surface area contributed by atoms with Gasteiger partial charge in [0.25, 0.3) is 0 Å². The average molecular weight is 438 g/mol. The van der Waals surface area contributed by atoms with Crippen molar-refractivity contribution in [2.75, 3.05) is 32.8 Å². The first kappa shape index (κ1) is 19.9. The molecule has 1 N–H and O–H groups in total. The molecule has 2 heterocycles. The van der Waals surface area contributed by atoms with Crippen molar-refractivity contribution in [2.24, 2.45) is 0 Å². The zero-order chi connectivity index (χ0) is 19.7. The summed E-state index contributed by atoms with van der Waals surface area (Å²) in [5, 5.41) is 13.4. The topological polar surface area (TPSA) is 45.6 Å². The van der Waals surface area contributed by atoms with Crippen molar-refractivity contribution in [1.29, 1.82) is 0 Å². The number of hydrogen-bond acceptors (Lipinski definition) is 4. The predicted octanol–water partition coefficient (Wildman–Crippen LogP) is 5.23. The quantitative estimate of drug-likeness (QED) is 0.607. The summed E-state index contributed by atoms with van der Waals surface area (Å²) in [5.41, 5.74) is 3.00. The lowest BCUT2D eigenvalue weighted by atomic mass is 9.99. The molecule has 1 saturated heterocycles. The Kier molecular flexibility index (Phi) is 6.07. The van der Waals surface area contributed by atoms with Crippen LogP contribution in [0.1, 0.15) is 11.7 Å². The lowest BCUT2D eigenvalue weighted by molar-refractivity contribution is 0.0146. The highest BCUT2D eigenvalue weighted by Crippen LogP contribution is 2.35. The highest BCUT2D eigenvalue weighted by Gasteiger charge is 2.21. The molecule has 0 saturated carbocycles. The summed E-state index contributed by atoms with van der Waals surface area (Å²) >= 11 is 18.7. The van der Waals surface area contributed by atoms with E-state index in [9.17, 15) is 5.11 Å². The highest BCUT2D eigenvalue weighted by atomic mass is 35.5. The number of fused-ring (bicyclic) bond motifs is 1. The summed E-state index contributed by atoms with van der Waals surface area (Å²) in [6.07, 6.45) is -0.704. The van der Waals surface area contributed by atoms with Gasteiger partial charge in [0.05, 0.1) is 35.6 Å². The molecule has 0 aliphatic carbocycles. The molecule has 146 valence electrons. The van der Waals surface area contributed by atoms with E-state index >= 15 is 0 Å². The van der Waals surface area contributed by atoms with Gasteiger partial charge in [0.2, 0.25) is 0 Å². The fourth-order valence-electron chi connectivity index (χ4n) is 3.45. The second kappa shape index (κ2) is 8.54. The minimum atomic E-state index is -0.704. The van der Waals surface area contributed by atoms with Crippen LogP contribution in [0.25, 0.3) is 22.2 Å². The van der Waals surface area contributed by atoms with Crippen molar-refractivity contribution in [2.45, 2.75) is 6.10 Å². The molecular formula is C21H19Cl3N2O2. The average Bonchev–Trinajstić information content (AvgIpc) is 2.68. The molecule has 0 radical (unpaired) electrons. The first-order chi connectivity index (χ1) is 13.5. The van der Waals surface area contributed by atoms with Gasteiger partial charge in [-0.05, 0) is 35.9 Å². The summed E-state index contributed by atoms with van der Waals surface area (Å²) in [4.78, 5) is 6.92. The molecule has 1 aliphatic rings. The zero-order valence-electron chi connectivity index (χ0n) is 15.0. The maximum Gasteiger partial charge on any atom is 0.0924 e. The summed E-state index contributed by atoms with van der Waals surface area (Å²) in [6.45, 7) is 3.46. The SMILES string of the molecule is OC(CN1CCOCC1)c1cc(-c2ccc(Cl)cc2)nc2c(Cl)cc(Cl)cc12. The molecule has 7 heteroatoms. The van der Waals surface area contributed by atoms with Crippen molar-refractivity contribution >= 4 is 45.7 Å². The number of pyridine rings is 1. The van der Waals surface area contributed by atoms with E-state index in [1.165, 1.54) is 0 Å². The second-order valence-electron chi connectivity index (χ2n) is 6.82. The number of rotatable bonds is 4. The van der Waals surface area contributed by atoms with Crippen LogP contribution in [-0.4, -0.2) is 47.8 Å². The van der Waals surface area contributed by atoms with E-state index in [0.717, 1.165) is 35.3 Å². The van der Waals surface area contributed by atoms with Gasteiger partial charge in [0.1, 0.15) is 0 Å². The number of halogens is 3. The third-order valence-corrected chi connectivity index (χ3v) is 5.66. The van der Waals surface area contributed by atoms with Gasteiger partial charge in [-0.2, -0.15) is 0 Å². The summed E-state index contributed by atoms with van der Waals surface area (Å²) < 4.78 is 5.40. The van der Waals surface area contributed by atoms with E-state index in [4.69, 9.17) is 44.5 Å². The molecule has 3 aromatic rings. The Morgan fingerprint density at radius 3 is 2.43 bits per heavy atom. The van der Waals surface area contributed by atoms with Crippen molar-refractivity contribution in [3.63, 3.8) is 0 Å². The molecule has 28 heavy (non-hydrogen) atoms. The van der Waals surface area contributed by atoms with Crippen LogP contribution in [0.3, 0.4) is 0 Å². The Morgan fingerprint density at radius 2 is 1.71 bits per heavy atom. The maximum absolute atomic E-state index is 11.1. The van der Waals surface area contributed by atoms with Gasteiger partial charge in [-0.25, -0.2) is 4.98 Å². The Hall–Kier alpha value is -1.40. The van der Waals surface area contributed by atoms with Crippen LogP contribution in [-0.2, 0) is 4.74 Å². The van der Waals surface area contributed by atoms with Crippen molar-refractivity contribution in [3.8, 4) is 11.3 Å². The molecule has 1 atom stereocenters. The Bertz CT molecular complexity index is 989. The fourth-order valence-corrected chi connectivity index (χ4v) is 4.11. The van der Waals surface area contributed by atoms with Gasteiger partial charge in [-0.1, -0.05) is 46.9 Å². The molecule has 0 amide bonds. The lowest BCUT2D eigenvalue weighted by Gasteiger charge is -2.29. The normalized spacial score (nSPS) is 16.4. The number of aliphatic hydroxyl groups excluding tert-OH is 1. The van der Waals surface area contributed by atoms with Gasteiger partial charge in [-0.3, -0.25) is 4.90 Å². The van der Waals surface area contributed by atoms with Crippen LogP contribution in [0.5, 0.6) is 0 Å². The number of aromatic nitrogens is 1. The molecule has 1 aliphatic heterocycles. The number of aliphatic hydroxyl groups is 1. The largest absolute Gasteiger partial charge is 0.387 e.